The Balaban J connectivity index is 1.67. The van der Waals surface area contributed by atoms with E-state index in [1.807, 2.05) is 0 Å². The standard InChI is InChI=1S/C21H12N2O3S2/c1-12(24)14-5-2-13(3-6-14)4-7-15-10-22-11-16-8-17(26-19(15)16)9-18-20(25)23-21(27)28-18/h2-3,5-6,8-11H,1H3,(H,23,25,27)/b18-9-. The molecule has 1 aliphatic heterocycles. The Hall–Kier alpha value is -3.21. The molecular weight excluding hydrogens is 392 g/mol. The molecule has 0 spiro atoms. The van der Waals surface area contributed by atoms with E-state index in [0.717, 1.165) is 10.9 Å². The molecule has 0 radical (unpaired) electrons. The van der Waals surface area contributed by atoms with Gasteiger partial charge in [0, 0.05) is 35.0 Å². The van der Waals surface area contributed by atoms with Crippen LogP contribution in [0.2, 0.25) is 0 Å². The van der Waals surface area contributed by atoms with Gasteiger partial charge in [-0.25, -0.2) is 0 Å². The lowest BCUT2D eigenvalue weighted by atomic mass is 10.1. The van der Waals surface area contributed by atoms with E-state index in [4.69, 9.17) is 16.6 Å². The van der Waals surface area contributed by atoms with Crippen LogP contribution in [0.1, 0.15) is 34.2 Å². The number of aromatic nitrogens is 1. The lowest BCUT2D eigenvalue weighted by Gasteiger charge is -1.95. The summed E-state index contributed by atoms with van der Waals surface area (Å²) in [6.45, 7) is 1.53. The molecule has 0 bridgehead atoms. The van der Waals surface area contributed by atoms with Crippen molar-refractivity contribution in [1.29, 1.82) is 0 Å². The first-order valence-corrected chi connectivity index (χ1v) is 9.47. The van der Waals surface area contributed by atoms with E-state index < -0.39 is 0 Å². The second-order valence-corrected chi connectivity index (χ2v) is 7.71. The Morgan fingerprint density at radius 3 is 2.71 bits per heavy atom. The molecule has 0 atom stereocenters. The number of furan rings is 1. The van der Waals surface area contributed by atoms with Crippen molar-refractivity contribution in [3.05, 3.63) is 70.1 Å². The molecule has 1 N–H and O–H groups in total. The third kappa shape index (κ3) is 3.74. The number of rotatable bonds is 2. The summed E-state index contributed by atoms with van der Waals surface area (Å²) < 4.78 is 6.31. The van der Waals surface area contributed by atoms with Gasteiger partial charge >= 0.3 is 0 Å². The van der Waals surface area contributed by atoms with E-state index >= 15 is 0 Å². The third-order valence-electron chi connectivity index (χ3n) is 3.99. The Labute approximate surface area is 170 Å². The maximum atomic E-state index is 11.8. The maximum Gasteiger partial charge on any atom is 0.263 e. The van der Waals surface area contributed by atoms with Crippen LogP contribution < -0.4 is 5.32 Å². The minimum atomic E-state index is -0.234. The summed E-state index contributed by atoms with van der Waals surface area (Å²) in [7, 11) is 0. The molecule has 4 rings (SSSR count). The highest BCUT2D eigenvalue weighted by atomic mass is 32.2. The number of benzene rings is 1. The van der Waals surface area contributed by atoms with Crippen molar-refractivity contribution in [3.8, 4) is 11.8 Å². The zero-order valence-electron chi connectivity index (χ0n) is 14.6. The number of hydrogen-bond donors (Lipinski definition) is 1. The second-order valence-electron chi connectivity index (χ2n) is 5.99. The van der Waals surface area contributed by atoms with Crippen LogP contribution in [0.25, 0.3) is 17.0 Å². The van der Waals surface area contributed by atoms with Gasteiger partial charge in [0.1, 0.15) is 10.1 Å². The first-order chi connectivity index (χ1) is 13.5. The summed E-state index contributed by atoms with van der Waals surface area (Å²) in [5.74, 6) is 6.42. The minimum absolute atomic E-state index is 0.0144. The molecule has 3 heterocycles. The van der Waals surface area contributed by atoms with Gasteiger partial charge in [0.2, 0.25) is 0 Å². The summed E-state index contributed by atoms with van der Waals surface area (Å²) in [5, 5.41) is 3.36. The zero-order chi connectivity index (χ0) is 19.7. The fraction of sp³-hybridized carbons (Fsp3) is 0.0476. The average Bonchev–Trinajstić information content (AvgIpc) is 3.22. The predicted octanol–water partition coefficient (Wildman–Crippen LogP) is 3.92. The van der Waals surface area contributed by atoms with Crippen molar-refractivity contribution in [3.63, 3.8) is 0 Å². The van der Waals surface area contributed by atoms with Crippen molar-refractivity contribution < 1.29 is 14.0 Å². The number of pyridine rings is 1. The van der Waals surface area contributed by atoms with E-state index in [9.17, 15) is 9.59 Å². The number of carbonyl (C=O) groups excluding carboxylic acids is 2. The molecule has 1 saturated heterocycles. The molecule has 5 nitrogen and oxygen atoms in total. The summed E-state index contributed by atoms with van der Waals surface area (Å²) in [6, 6.07) is 8.90. The molecule has 7 heteroatoms. The van der Waals surface area contributed by atoms with Crippen LogP contribution in [0.3, 0.4) is 0 Å². The van der Waals surface area contributed by atoms with Crippen molar-refractivity contribution in [2.24, 2.45) is 0 Å². The van der Waals surface area contributed by atoms with Crippen LogP contribution in [0.5, 0.6) is 0 Å². The molecule has 1 amide bonds. The average molecular weight is 404 g/mol. The van der Waals surface area contributed by atoms with E-state index in [0.29, 0.717) is 31.7 Å². The van der Waals surface area contributed by atoms with Crippen LogP contribution in [-0.2, 0) is 4.79 Å². The van der Waals surface area contributed by atoms with Gasteiger partial charge < -0.3 is 9.73 Å². The SMILES string of the molecule is CC(=O)c1ccc(C#Cc2cncc3cc(/C=C4\SC(=S)NC4=O)oc23)cc1. The molecule has 136 valence electrons. The molecule has 2 aromatic heterocycles. The highest BCUT2D eigenvalue weighted by molar-refractivity contribution is 8.26. The number of Topliss-reactive ketones (excluding diaryl/α,β-unsaturated/α-hetero) is 1. The predicted molar refractivity (Wildman–Crippen MR) is 113 cm³/mol. The Kier molecular flexibility index (Phi) is 4.82. The largest absolute Gasteiger partial charge is 0.455 e. The fourth-order valence-electron chi connectivity index (χ4n) is 2.62. The minimum Gasteiger partial charge on any atom is -0.455 e. The van der Waals surface area contributed by atoms with Gasteiger partial charge in [-0.3, -0.25) is 14.6 Å². The number of amides is 1. The van der Waals surface area contributed by atoms with E-state index in [1.165, 1.54) is 18.7 Å². The Morgan fingerprint density at radius 1 is 1.25 bits per heavy atom. The number of thioether (sulfide) groups is 1. The van der Waals surface area contributed by atoms with Gasteiger partial charge in [-0.15, -0.1) is 0 Å². The number of thiocarbonyl (C=S) groups is 1. The van der Waals surface area contributed by atoms with Gasteiger partial charge in [-0.05, 0) is 25.1 Å². The van der Waals surface area contributed by atoms with Gasteiger partial charge in [-0.1, -0.05) is 48.0 Å². The van der Waals surface area contributed by atoms with Crippen molar-refractivity contribution in [2.45, 2.75) is 6.92 Å². The first-order valence-electron chi connectivity index (χ1n) is 8.25. The molecular formula is C21H12N2O3S2. The number of ketones is 1. The van der Waals surface area contributed by atoms with Gasteiger partial charge in [0.25, 0.3) is 5.91 Å². The highest BCUT2D eigenvalue weighted by Gasteiger charge is 2.22. The number of nitrogens with one attached hydrogen (secondary N) is 1. The fourth-order valence-corrected chi connectivity index (χ4v) is 3.64. The zero-order valence-corrected chi connectivity index (χ0v) is 16.2. The van der Waals surface area contributed by atoms with E-state index in [2.05, 4.69) is 22.1 Å². The number of hydrogen-bond acceptors (Lipinski definition) is 6. The van der Waals surface area contributed by atoms with Crippen molar-refractivity contribution in [1.82, 2.24) is 10.3 Å². The summed E-state index contributed by atoms with van der Waals surface area (Å²) in [5.41, 5.74) is 2.66. The van der Waals surface area contributed by atoms with Gasteiger partial charge in [0.15, 0.2) is 11.4 Å². The van der Waals surface area contributed by atoms with Crippen LogP contribution >= 0.6 is 24.0 Å². The first kappa shape index (κ1) is 18.2. The van der Waals surface area contributed by atoms with Gasteiger partial charge in [-0.2, -0.15) is 0 Å². The molecule has 1 fully saturated rings. The molecule has 1 aromatic carbocycles. The van der Waals surface area contributed by atoms with E-state index in [-0.39, 0.29) is 11.7 Å². The van der Waals surface area contributed by atoms with Crippen LogP contribution in [0.15, 0.2) is 52.0 Å². The lowest BCUT2D eigenvalue weighted by Crippen LogP contribution is -2.17. The topological polar surface area (TPSA) is 72.2 Å². The summed E-state index contributed by atoms with van der Waals surface area (Å²) in [4.78, 5) is 27.8. The van der Waals surface area contributed by atoms with Crippen molar-refractivity contribution in [2.75, 3.05) is 0 Å². The molecule has 0 unspecified atom stereocenters. The highest BCUT2D eigenvalue weighted by Crippen LogP contribution is 2.29. The van der Waals surface area contributed by atoms with Crippen molar-refractivity contribution >= 4 is 57.0 Å². The smallest absolute Gasteiger partial charge is 0.263 e. The number of carbonyl (C=O) groups is 2. The van der Waals surface area contributed by atoms with Crippen LogP contribution in [-0.4, -0.2) is 21.0 Å². The molecule has 1 aliphatic rings. The molecule has 0 aliphatic carbocycles. The molecule has 0 saturated carbocycles. The third-order valence-corrected chi connectivity index (χ3v) is 5.15. The normalized spacial score (nSPS) is 14.8. The quantitative estimate of drug-likeness (QED) is 0.302. The number of fused-ring (bicyclic) bond motifs is 1. The Morgan fingerprint density at radius 2 is 2.04 bits per heavy atom. The lowest BCUT2D eigenvalue weighted by molar-refractivity contribution is -0.115. The Bertz CT molecular complexity index is 1230. The second kappa shape index (κ2) is 7.43. The van der Waals surface area contributed by atoms with E-state index in [1.54, 1.807) is 48.8 Å². The molecule has 28 heavy (non-hydrogen) atoms. The number of nitrogens with zero attached hydrogens (tertiary/aromatic N) is 1. The van der Waals surface area contributed by atoms with Crippen LogP contribution in [0, 0.1) is 11.8 Å². The monoisotopic (exact) mass is 404 g/mol. The molecule has 3 aromatic rings. The maximum absolute atomic E-state index is 11.8. The summed E-state index contributed by atoms with van der Waals surface area (Å²) >= 11 is 6.19. The van der Waals surface area contributed by atoms with Crippen LogP contribution in [0.4, 0.5) is 0 Å². The van der Waals surface area contributed by atoms with Gasteiger partial charge in [0.05, 0.1) is 10.5 Å². The summed E-state index contributed by atoms with van der Waals surface area (Å²) in [6.07, 6.45) is 4.96.